The monoisotopic (exact) mass is 477 g/mol. The van der Waals surface area contributed by atoms with E-state index in [2.05, 4.69) is 41.9 Å². The summed E-state index contributed by atoms with van der Waals surface area (Å²) in [7, 11) is 3.37. The van der Waals surface area contributed by atoms with E-state index in [1.807, 2.05) is 20.0 Å². The Labute approximate surface area is 208 Å². The Kier molecular flexibility index (Phi) is 6.78. The second-order valence-electron chi connectivity index (χ2n) is 10.6. The van der Waals surface area contributed by atoms with E-state index < -0.39 is 0 Å². The number of fused-ring (bicyclic) bond motifs is 1. The smallest absolute Gasteiger partial charge is 0.292 e. The number of hydrogen-bond donors (Lipinski definition) is 1. The van der Waals surface area contributed by atoms with Crippen LogP contribution in [0, 0.1) is 6.92 Å². The molecule has 1 aromatic carbocycles. The number of aromatic nitrogens is 2. The molecule has 1 N–H and O–H groups in total. The van der Waals surface area contributed by atoms with Crippen LogP contribution < -0.4 is 10.3 Å². The van der Waals surface area contributed by atoms with Gasteiger partial charge in [-0.3, -0.25) is 4.79 Å². The maximum absolute atomic E-state index is 12.6. The summed E-state index contributed by atoms with van der Waals surface area (Å²) in [6.07, 6.45) is 4.79. The van der Waals surface area contributed by atoms with Crippen LogP contribution in [0.3, 0.4) is 0 Å². The first kappa shape index (κ1) is 24.1. The molecule has 0 unspecified atom stereocenters. The minimum Gasteiger partial charge on any atom is -0.491 e. The van der Waals surface area contributed by atoms with Crippen molar-refractivity contribution in [2.24, 2.45) is 7.05 Å². The third kappa shape index (κ3) is 4.43. The molecule has 0 aliphatic carbocycles. The molecule has 2 aliphatic rings. The summed E-state index contributed by atoms with van der Waals surface area (Å²) in [5.41, 5.74) is 6.86. The Bertz CT molecular complexity index is 1260. The number of methoxy groups -OCH3 is 1. The topological polar surface area (TPSA) is 59.5 Å². The SMILES string of the molecule is COc1cc(-c2[nH]c3ccc(C4CCN(C5CCOCC5)CC4)cc3c2C(C)C)c(C)n(C)c1=O. The Hall–Kier alpha value is -2.57. The largest absolute Gasteiger partial charge is 0.491 e. The van der Waals surface area contributed by atoms with Gasteiger partial charge in [0.2, 0.25) is 0 Å². The molecular weight excluding hydrogens is 438 g/mol. The fourth-order valence-electron chi connectivity index (χ4n) is 6.14. The van der Waals surface area contributed by atoms with Gasteiger partial charge in [0, 0.05) is 48.5 Å². The van der Waals surface area contributed by atoms with Gasteiger partial charge in [0.05, 0.1) is 12.8 Å². The second kappa shape index (κ2) is 9.82. The molecule has 0 saturated carbocycles. The predicted molar refractivity (Wildman–Crippen MR) is 142 cm³/mol. The first-order valence-corrected chi connectivity index (χ1v) is 13.1. The van der Waals surface area contributed by atoms with Gasteiger partial charge in [0.1, 0.15) is 0 Å². The number of pyridine rings is 1. The number of aromatic amines is 1. The van der Waals surface area contributed by atoms with E-state index in [9.17, 15) is 4.79 Å². The van der Waals surface area contributed by atoms with E-state index in [-0.39, 0.29) is 5.56 Å². The van der Waals surface area contributed by atoms with Gasteiger partial charge in [-0.05, 0) is 86.9 Å². The molecule has 2 fully saturated rings. The molecule has 0 bridgehead atoms. The normalized spacial score (nSPS) is 18.6. The van der Waals surface area contributed by atoms with Crippen molar-refractivity contribution in [2.75, 3.05) is 33.4 Å². The summed E-state index contributed by atoms with van der Waals surface area (Å²) in [5.74, 6) is 1.32. The number of nitrogens with one attached hydrogen (secondary N) is 1. The molecule has 0 spiro atoms. The Balaban J connectivity index is 1.48. The summed E-state index contributed by atoms with van der Waals surface area (Å²) < 4.78 is 12.7. The van der Waals surface area contributed by atoms with Gasteiger partial charge in [-0.25, -0.2) is 0 Å². The number of rotatable bonds is 5. The standard InChI is InChI=1S/C29H39N3O3/c1-18(2)27-24-16-21(20-8-12-32(13-9-20)22-10-14-35-15-11-22)6-7-25(24)30-28(27)23-17-26(34-5)29(33)31(4)19(23)3/h6-7,16-18,20,22,30H,8-15H2,1-5H3. The lowest BCUT2D eigenvalue weighted by atomic mass is 9.86. The molecule has 2 aromatic heterocycles. The lowest BCUT2D eigenvalue weighted by molar-refractivity contribution is 0.0252. The molecule has 2 saturated heterocycles. The lowest BCUT2D eigenvalue weighted by Gasteiger charge is -2.39. The molecule has 6 heteroatoms. The predicted octanol–water partition coefficient (Wildman–Crippen LogP) is 5.33. The molecule has 4 heterocycles. The number of hydrogen-bond acceptors (Lipinski definition) is 4. The molecule has 35 heavy (non-hydrogen) atoms. The summed E-state index contributed by atoms with van der Waals surface area (Å²) in [5, 5.41) is 1.30. The zero-order chi connectivity index (χ0) is 24.7. The van der Waals surface area contributed by atoms with Crippen molar-refractivity contribution in [3.8, 4) is 17.0 Å². The maximum Gasteiger partial charge on any atom is 0.292 e. The van der Waals surface area contributed by atoms with Crippen molar-refractivity contribution in [2.45, 2.75) is 64.3 Å². The van der Waals surface area contributed by atoms with E-state index in [1.54, 1.807) is 11.7 Å². The van der Waals surface area contributed by atoms with Gasteiger partial charge in [0.25, 0.3) is 5.56 Å². The van der Waals surface area contributed by atoms with E-state index in [0.29, 0.717) is 23.6 Å². The number of ether oxygens (including phenoxy) is 2. The highest BCUT2D eigenvalue weighted by Crippen LogP contribution is 2.39. The van der Waals surface area contributed by atoms with Crippen molar-refractivity contribution in [1.29, 1.82) is 0 Å². The van der Waals surface area contributed by atoms with E-state index in [1.165, 1.54) is 55.3 Å². The molecule has 0 atom stereocenters. The van der Waals surface area contributed by atoms with Gasteiger partial charge < -0.3 is 23.9 Å². The summed E-state index contributed by atoms with van der Waals surface area (Å²) in [6.45, 7) is 10.7. The van der Waals surface area contributed by atoms with Gasteiger partial charge in [-0.15, -0.1) is 0 Å². The zero-order valence-corrected chi connectivity index (χ0v) is 21.8. The molecule has 0 radical (unpaired) electrons. The van der Waals surface area contributed by atoms with Crippen molar-refractivity contribution < 1.29 is 9.47 Å². The fraction of sp³-hybridized carbons (Fsp3) is 0.552. The van der Waals surface area contributed by atoms with Crippen LogP contribution in [-0.4, -0.2) is 53.9 Å². The molecule has 5 rings (SSSR count). The highest BCUT2D eigenvalue weighted by atomic mass is 16.5. The average Bonchev–Trinajstić information content (AvgIpc) is 3.27. The number of nitrogens with zero attached hydrogens (tertiary/aromatic N) is 2. The average molecular weight is 478 g/mol. The molecule has 2 aliphatic heterocycles. The van der Waals surface area contributed by atoms with Crippen molar-refractivity contribution >= 4 is 10.9 Å². The van der Waals surface area contributed by atoms with Crippen molar-refractivity contribution in [3.05, 3.63) is 51.4 Å². The van der Waals surface area contributed by atoms with Crippen molar-refractivity contribution in [3.63, 3.8) is 0 Å². The second-order valence-corrected chi connectivity index (χ2v) is 10.6. The molecule has 6 nitrogen and oxygen atoms in total. The van der Waals surface area contributed by atoms with E-state index in [0.717, 1.165) is 35.7 Å². The van der Waals surface area contributed by atoms with Crippen LogP contribution in [-0.2, 0) is 11.8 Å². The Morgan fingerprint density at radius 1 is 1.09 bits per heavy atom. The van der Waals surface area contributed by atoms with Crippen LogP contribution in [0.1, 0.15) is 68.2 Å². The van der Waals surface area contributed by atoms with Crippen LogP contribution in [0.25, 0.3) is 22.2 Å². The number of benzene rings is 1. The summed E-state index contributed by atoms with van der Waals surface area (Å²) in [6, 6.07) is 9.58. The third-order valence-corrected chi connectivity index (χ3v) is 8.32. The van der Waals surface area contributed by atoms with Gasteiger partial charge in [-0.2, -0.15) is 0 Å². The van der Waals surface area contributed by atoms with Gasteiger partial charge >= 0.3 is 0 Å². The van der Waals surface area contributed by atoms with E-state index >= 15 is 0 Å². The number of piperidine rings is 1. The Morgan fingerprint density at radius 3 is 2.46 bits per heavy atom. The molecule has 3 aromatic rings. The van der Waals surface area contributed by atoms with Crippen molar-refractivity contribution in [1.82, 2.24) is 14.5 Å². The highest BCUT2D eigenvalue weighted by molar-refractivity contribution is 5.92. The number of likely N-dealkylation sites (tertiary alicyclic amines) is 1. The lowest BCUT2D eigenvalue weighted by Crippen LogP contribution is -2.43. The molecular formula is C29H39N3O3. The van der Waals surface area contributed by atoms with Crippen LogP contribution in [0.15, 0.2) is 29.1 Å². The highest BCUT2D eigenvalue weighted by Gasteiger charge is 2.28. The Morgan fingerprint density at radius 2 is 1.80 bits per heavy atom. The van der Waals surface area contributed by atoms with Gasteiger partial charge in [-0.1, -0.05) is 19.9 Å². The summed E-state index contributed by atoms with van der Waals surface area (Å²) in [4.78, 5) is 18.9. The molecule has 0 amide bonds. The van der Waals surface area contributed by atoms with Crippen LogP contribution in [0.5, 0.6) is 5.75 Å². The first-order chi connectivity index (χ1) is 16.9. The minimum atomic E-state index is -0.106. The third-order valence-electron chi connectivity index (χ3n) is 8.32. The van der Waals surface area contributed by atoms with Crippen LogP contribution in [0.4, 0.5) is 0 Å². The number of H-pyrrole nitrogens is 1. The van der Waals surface area contributed by atoms with Crippen LogP contribution in [0.2, 0.25) is 0 Å². The maximum atomic E-state index is 12.6. The van der Waals surface area contributed by atoms with Gasteiger partial charge in [0.15, 0.2) is 5.75 Å². The zero-order valence-electron chi connectivity index (χ0n) is 21.8. The minimum absolute atomic E-state index is 0.106. The fourth-order valence-corrected chi connectivity index (χ4v) is 6.14. The van der Waals surface area contributed by atoms with E-state index in [4.69, 9.17) is 9.47 Å². The quantitative estimate of drug-likeness (QED) is 0.539. The summed E-state index contributed by atoms with van der Waals surface area (Å²) >= 11 is 0. The first-order valence-electron chi connectivity index (χ1n) is 13.1. The van der Waals surface area contributed by atoms with Crippen LogP contribution >= 0.6 is 0 Å². The molecule has 188 valence electrons.